The van der Waals surface area contributed by atoms with E-state index in [0.717, 1.165) is 19.3 Å². The maximum absolute atomic E-state index is 12.1. The van der Waals surface area contributed by atoms with Crippen molar-refractivity contribution in [3.8, 4) is 0 Å². The van der Waals surface area contributed by atoms with Gasteiger partial charge in [0.1, 0.15) is 0 Å². The van der Waals surface area contributed by atoms with E-state index in [1.807, 2.05) is 6.07 Å². The summed E-state index contributed by atoms with van der Waals surface area (Å²) in [5.41, 5.74) is 1.37. The molecule has 1 aromatic rings. The summed E-state index contributed by atoms with van der Waals surface area (Å²) < 4.78 is 0. The van der Waals surface area contributed by atoms with Gasteiger partial charge in [-0.05, 0) is 37.2 Å². The van der Waals surface area contributed by atoms with E-state index in [-0.39, 0.29) is 17.5 Å². The zero-order valence-electron chi connectivity index (χ0n) is 14.2. The Morgan fingerprint density at radius 3 is 2.45 bits per heavy atom. The molecule has 0 spiro atoms. The fourth-order valence-electron chi connectivity index (χ4n) is 3.52. The van der Waals surface area contributed by atoms with Gasteiger partial charge in [-0.3, -0.25) is 0 Å². The molecule has 3 heteroatoms. The fraction of sp³-hybridized carbons (Fsp3) is 0.632. The molecule has 0 radical (unpaired) electrons. The molecule has 0 heterocycles. The van der Waals surface area contributed by atoms with Crippen LogP contribution in [0.1, 0.15) is 64.9 Å². The molecule has 22 heavy (non-hydrogen) atoms. The summed E-state index contributed by atoms with van der Waals surface area (Å²) in [7, 11) is 0. The predicted octanol–water partition coefficient (Wildman–Crippen LogP) is 4.37. The number of benzene rings is 1. The molecule has 1 fully saturated rings. The molecule has 0 aromatic heterocycles. The van der Waals surface area contributed by atoms with Gasteiger partial charge in [0.25, 0.3) is 0 Å². The van der Waals surface area contributed by atoms with Crippen LogP contribution < -0.4 is 10.6 Å². The number of carbonyl (C=O) groups excluding carboxylic acids is 1. The summed E-state index contributed by atoms with van der Waals surface area (Å²) in [6, 6.07) is 11.0. The SMILES string of the molecule is C[C@@H](CC(C)(C)c1ccccc1)NC(=O)NC1CCCCC1. The molecule has 2 amide bonds. The van der Waals surface area contributed by atoms with Crippen LogP contribution in [0.4, 0.5) is 4.79 Å². The molecule has 1 aromatic carbocycles. The zero-order chi connectivity index (χ0) is 16.0. The van der Waals surface area contributed by atoms with E-state index in [4.69, 9.17) is 0 Å². The lowest BCUT2D eigenvalue weighted by molar-refractivity contribution is 0.227. The first-order valence-corrected chi connectivity index (χ1v) is 8.60. The Morgan fingerprint density at radius 2 is 1.82 bits per heavy atom. The van der Waals surface area contributed by atoms with Gasteiger partial charge in [-0.15, -0.1) is 0 Å². The minimum absolute atomic E-state index is 0.0109. The Morgan fingerprint density at radius 1 is 1.18 bits per heavy atom. The van der Waals surface area contributed by atoms with Crippen molar-refractivity contribution in [2.45, 2.75) is 76.8 Å². The van der Waals surface area contributed by atoms with Crippen molar-refractivity contribution in [2.24, 2.45) is 0 Å². The third-order valence-corrected chi connectivity index (χ3v) is 4.69. The number of nitrogens with one attached hydrogen (secondary N) is 2. The van der Waals surface area contributed by atoms with Crippen LogP contribution in [0.3, 0.4) is 0 Å². The van der Waals surface area contributed by atoms with Gasteiger partial charge in [0, 0.05) is 12.1 Å². The second kappa shape index (κ2) is 7.66. The van der Waals surface area contributed by atoms with Crippen molar-refractivity contribution in [2.75, 3.05) is 0 Å². The number of carbonyl (C=O) groups is 1. The molecular weight excluding hydrogens is 272 g/mol. The largest absolute Gasteiger partial charge is 0.336 e. The average Bonchev–Trinajstić information content (AvgIpc) is 2.48. The van der Waals surface area contributed by atoms with E-state index in [2.05, 4.69) is 55.7 Å². The second-order valence-electron chi connectivity index (χ2n) is 7.31. The van der Waals surface area contributed by atoms with Crippen molar-refractivity contribution in [1.82, 2.24) is 10.6 Å². The topological polar surface area (TPSA) is 41.1 Å². The molecule has 0 unspecified atom stereocenters. The van der Waals surface area contributed by atoms with Gasteiger partial charge in [-0.1, -0.05) is 63.4 Å². The van der Waals surface area contributed by atoms with Gasteiger partial charge in [0.15, 0.2) is 0 Å². The molecule has 1 saturated carbocycles. The van der Waals surface area contributed by atoms with Crippen LogP contribution in [-0.4, -0.2) is 18.1 Å². The summed E-state index contributed by atoms with van der Waals surface area (Å²) in [6.07, 6.45) is 6.95. The minimum Gasteiger partial charge on any atom is -0.336 e. The summed E-state index contributed by atoms with van der Waals surface area (Å²) in [5.74, 6) is 0. The molecule has 3 nitrogen and oxygen atoms in total. The van der Waals surface area contributed by atoms with E-state index in [1.165, 1.54) is 24.8 Å². The van der Waals surface area contributed by atoms with Crippen LogP contribution in [0.15, 0.2) is 30.3 Å². The number of urea groups is 1. The smallest absolute Gasteiger partial charge is 0.315 e. The second-order valence-corrected chi connectivity index (χ2v) is 7.31. The highest BCUT2D eigenvalue weighted by molar-refractivity contribution is 5.74. The van der Waals surface area contributed by atoms with Crippen LogP contribution in [0.25, 0.3) is 0 Å². The summed E-state index contributed by atoms with van der Waals surface area (Å²) >= 11 is 0. The Kier molecular flexibility index (Phi) is 5.87. The van der Waals surface area contributed by atoms with Crippen molar-refractivity contribution < 1.29 is 4.79 Å². The van der Waals surface area contributed by atoms with Gasteiger partial charge in [-0.25, -0.2) is 4.79 Å². The molecule has 1 atom stereocenters. The lowest BCUT2D eigenvalue weighted by Gasteiger charge is -2.30. The van der Waals surface area contributed by atoms with Gasteiger partial charge in [0.2, 0.25) is 0 Å². The minimum atomic E-state index is -0.0109. The molecule has 2 rings (SSSR count). The number of hydrogen-bond acceptors (Lipinski definition) is 1. The van der Waals surface area contributed by atoms with E-state index in [1.54, 1.807) is 0 Å². The average molecular weight is 302 g/mol. The van der Waals surface area contributed by atoms with Gasteiger partial charge < -0.3 is 10.6 Å². The van der Waals surface area contributed by atoms with Crippen molar-refractivity contribution in [3.63, 3.8) is 0 Å². The molecule has 122 valence electrons. The van der Waals surface area contributed by atoms with Crippen LogP contribution in [0.2, 0.25) is 0 Å². The standard InChI is InChI=1S/C19H30N2O/c1-15(14-19(2,3)16-10-6-4-7-11-16)20-18(22)21-17-12-8-5-9-13-17/h4,6-7,10-11,15,17H,5,8-9,12-14H2,1-3H3,(H2,20,21,22)/t15-/m0/s1. The monoisotopic (exact) mass is 302 g/mol. The third-order valence-electron chi connectivity index (χ3n) is 4.69. The molecular formula is C19H30N2O. The van der Waals surface area contributed by atoms with E-state index >= 15 is 0 Å². The highest BCUT2D eigenvalue weighted by Gasteiger charge is 2.24. The Hall–Kier alpha value is -1.51. The van der Waals surface area contributed by atoms with Crippen LogP contribution in [0.5, 0.6) is 0 Å². The number of amides is 2. The first kappa shape index (κ1) is 16.9. The van der Waals surface area contributed by atoms with Crippen LogP contribution in [0, 0.1) is 0 Å². The maximum atomic E-state index is 12.1. The quantitative estimate of drug-likeness (QED) is 0.833. The van der Waals surface area contributed by atoms with Gasteiger partial charge in [0.05, 0.1) is 0 Å². The van der Waals surface area contributed by atoms with Crippen LogP contribution in [-0.2, 0) is 5.41 Å². The summed E-state index contributed by atoms with van der Waals surface area (Å²) in [5, 5.41) is 6.23. The highest BCUT2D eigenvalue weighted by Crippen LogP contribution is 2.28. The number of rotatable bonds is 5. The molecule has 1 aliphatic rings. The number of hydrogen-bond donors (Lipinski definition) is 2. The molecule has 2 N–H and O–H groups in total. The molecule has 1 aliphatic carbocycles. The van der Waals surface area contributed by atoms with Crippen molar-refractivity contribution in [3.05, 3.63) is 35.9 Å². The van der Waals surface area contributed by atoms with E-state index in [0.29, 0.717) is 6.04 Å². The van der Waals surface area contributed by atoms with Crippen LogP contribution >= 0.6 is 0 Å². The van der Waals surface area contributed by atoms with Crippen molar-refractivity contribution >= 4 is 6.03 Å². The first-order chi connectivity index (χ1) is 10.5. The van der Waals surface area contributed by atoms with Gasteiger partial charge in [-0.2, -0.15) is 0 Å². The predicted molar refractivity (Wildman–Crippen MR) is 92.1 cm³/mol. The zero-order valence-corrected chi connectivity index (χ0v) is 14.2. The third kappa shape index (κ3) is 5.04. The summed E-state index contributed by atoms with van der Waals surface area (Å²) in [6.45, 7) is 6.56. The van der Waals surface area contributed by atoms with E-state index in [9.17, 15) is 4.79 Å². The maximum Gasteiger partial charge on any atom is 0.315 e. The van der Waals surface area contributed by atoms with Crippen molar-refractivity contribution in [1.29, 1.82) is 0 Å². The Labute approximate surface area is 134 Å². The highest BCUT2D eigenvalue weighted by atomic mass is 16.2. The molecule has 0 aliphatic heterocycles. The normalized spacial score (nSPS) is 17.8. The Bertz CT molecular complexity index is 464. The molecule has 0 bridgehead atoms. The molecule has 0 saturated heterocycles. The lowest BCUT2D eigenvalue weighted by Crippen LogP contribution is -2.47. The van der Waals surface area contributed by atoms with Gasteiger partial charge >= 0.3 is 6.03 Å². The lowest BCUT2D eigenvalue weighted by atomic mass is 9.79. The Balaban J connectivity index is 1.81. The fourth-order valence-corrected chi connectivity index (χ4v) is 3.52. The summed E-state index contributed by atoms with van der Waals surface area (Å²) in [4.78, 5) is 12.1. The van der Waals surface area contributed by atoms with E-state index < -0.39 is 0 Å². The first-order valence-electron chi connectivity index (χ1n) is 8.60.